The molecule has 4 heteroatoms. The summed E-state index contributed by atoms with van der Waals surface area (Å²) >= 11 is 0. The van der Waals surface area contributed by atoms with Gasteiger partial charge < -0.3 is 8.98 Å². The summed E-state index contributed by atoms with van der Waals surface area (Å²) in [5, 5.41) is 11.4. The second kappa shape index (κ2) is 13.7. The molecule has 3 nitrogen and oxygen atoms in total. The third-order valence-electron chi connectivity index (χ3n) is 12.5. The van der Waals surface area contributed by atoms with Crippen LogP contribution in [0.2, 0.25) is 0 Å². The maximum absolute atomic E-state index is 6.92. The zero-order valence-electron chi connectivity index (χ0n) is 32.7. The number of aromatic nitrogens is 2. The number of hydrogen-bond donors (Lipinski definition) is 0. The molecule has 60 heavy (non-hydrogen) atoms. The summed E-state index contributed by atoms with van der Waals surface area (Å²) in [6, 6.07) is 84.2. The van der Waals surface area contributed by atoms with E-state index in [1.165, 1.54) is 47.9 Å². The van der Waals surface area contributed by atoms with Crippen LogP contribution in [0.25, 0.3) is 77.3 Å². The van der Waals surface area contributed by atoms with Gasteiger partial charge in [-0.25, -0.2) is 0 Å². The van der Waals surface area contributed by atoms with Gasteiger partial charge in [-0.05, 0) is 68.8 Å². The topological polar surface area (TPSA) is 23.0 Å². The Morgan fingerprint density at radius 2 is 0.833 bits per heavy atom. The van der Waals surface area contributed by atoms with E-state index in [4.69, 9.17) is 4.42 Å². The van der Waals surface area contributed by atoms with Gasteiger partial charge in [0.2, 0.25) is 5.71 Å². The van der Waals surface area contributed by atoms with E-state index in [-0.39, 0.29) is 0 Å². The Bertz CT molecular complexity index is 3420. The molecule has 0 aliphatic heterocycles. The van der Waals surface area contributed by atoms with E-state index in [1.807, 2.05) is 0 Å². The summed E-state index contributed by atoms with van der Waals surface area (Å²) < 4.78 is 11.6. The van der Waals surface area contributed by atoms with E-state index in [9.17, 15) is 0 Å². The zero-order chi connectivity index (χ0) is 39.6. The minimum absolute atomic E-state index is 0.866. The van der Waals surface area contributed by atoms with E-state index in [1.54, 1.807) is 0 Å². The SMILES string of the molecule is c1ccc(-n2c3ccccc3c3c4cccc(-c5ccc(-n6c7ccccc7c7cc([Si](c8ccccc8)(c8ccccc8)c8ccccc8)ccc76)cc5)c4oc32)cc1. The average Bonchev–Trinajstić information content (AvgIpc) is 3.98. The Balaban J connectivity index is 1.02. The lowest BCUT2D eigenvalue weighted by molar-refractivity contribution is 0.646. The number of para-hydroxylation sites is 4. The monoisotopic (exact) mass is 782 g/mol. The fourth-order valence-corrected chi connectivity index (χ4v) is 14.7. The molecule has 12 rings (SSSR count). The minimum atomic E-state index is -2.71. The van der Waals surface area contributed by atoms with Crippen LogP contribution in [-0.4, -0.2) is 17.2 Å². The van der Waals surface area contributed by atoms with Crippen LogP contribution in [0.1, 0.15) is 0 Å². The standard InChI is InChI=1S/C56H38N2OSi/c1-5-18-40(19-6-1)58-52-31-16-14-27-48(52)54-49-29-17-28-46(55(49)59-56(54)58)39-32-34-41(35-33-39)57-51-30-15-13-26-47(51)50-38-45(36-37-53(50)57)60(42-20-7-2-8-21-42,43-22-9-3-10-23-43)44-24-11-4-12-25-44/h1-38H. The molecule has 0 bridgehead atoms. The maximum Gasteiger partial charge on any atom is 0.213 e. The Labute approximate surface area is 348 Å². The van der Waals surface area contributed by atoms with Gasteiger partial charge in [0.15, 0.2) is 8.07 Å². The van der Waals surface area contributed by atoms with Crippen LogP contribution >= 0.6 is 0 Å². The molecule has 0 amide bonds. The number of rotatable bonds is 7. The predicted octanol–water partition coefficient (Wildman–Crippen LogP) is 11.7. The average molecular weight is 783 g/mol. The second-order valence-corrected chi connectivity index (χ2v) is 19.4. The van der Waals surface area contributed by atoms with Gasteiger partial charge in [-0.3, -0.25) is 4.57 Å². The van der Waals surface area contributed by atoms with Gasteiger partial charge in [-0.15, -0.1) is 0 Å². The molecule has 282 valence electrons. The Kier molecular flexibility index (Phi) is 7.87. The van der Waals surface area contributed by atoms with E-state index < -0.39 is 8.07 Å². The van der Waals surface area contributed by atoms with Gasteiger partial charge in [0.05, 0.1) is 21.9 Å². The fourth-order valence-electron chi connectivity index (χ4n) is 9.91. The third kappa shape index (κ3) is 5.08. The van der Waals surface area contributed by atoms with Crippen molar-refractivity contribution in [3.05, 3.63) is 231 Å². The first kappa shape index (κ1) is 34.4. The smallest absolute Gasteiger partial charge is 0.213 e. The normalized spacial score (nSPS) is 12.0. The van der Waals surface area contributed by atoms with Crippen molar-refractivity contribution in [2.24, 2.45) is 0 Å². The van der Waals surface area contributed by atoms with Gasteiger partial charge >= 0.3 is 0 Å². The minimum Gasteiger partial charge on any atom is -0.438 e. The lowest BCUT2D eigenvalue weighted by Gasteiger charge is -2.34. The Hall–Kier alpha value is -7.66. The molecule has 0 fully saturated rings. The molecule has 3 aromatic heterocycles. The van der Waals surface area contributed by atoms with Crippen molar-refractivity contribution in [1.82, 2.24) is 9.13 Å². The molecule has 0 saturated carbocycles. The summed E-state index contributed by atoms with van der Waals surface area (Å²) in [6.45, 7) is 0. The molecule has 0 atom stereocenters. The van der Waals surface area contributed by atoms with Crippen molar-refractivity contribution < 1.29 is 4.42 Å². The number of nitrogens with zero attached hydrogens (tertiary/aromatic N) is 2. The van der Waals surface area contributed by atoms with Crippen molar-refractivity contribution in [2.75, 3.05) is 0 Å². The highest BCUT2D eigenvalue weighted by Crippen LogP contribution is 2.42. The first-order valence-corrected chi connectivity index (χ1v) is 22.6. The third-order valence-corrected chi connectivity index (χ3v) is 17.3. The fraction of sp³-hybridized carbons (Fsp3) is 0. The van der Waals surface area contributed by atoms with Crippen LogP contribution in [0.5, 0.6) is 0 Å². The van der Waals surface area contributed by atoms with Crippen LogP contribution in [0.15, 0.2) is 235 Å². The summed E-state index contributed by atoms with van der Waals surface area (Å²) in [7, 11) is -2.71. The molecule has 0 spiro atoms. The molecular weight excluding hydrogens is 745 g/mol. The molecule has 0 aliphatic rings. The van der Waals surface area contributed by atoms with Gasteiger partial charge in [0.1, 0.15) is 5.58 Å². The van der Waals surface area contributed by atoms with Crippen molar-refractivity contribution in [1.29, 1.82) is 0 Å². The van der Waals surface area contributed by atoms with Crippen molar-refractivity contribution in [2.45, 2.75) is 0 Å². The maximum atomic E-state index is 6.92. The summed E-state index contributed by atoms with van der Waals surface area (Å²) in [5.74, 6) is 0. The van der Waals surface area contributed by atoms with Gasteiger partial charge in [0, 0.05) is 38.5 Å². The molecule has 0 aliphatic carbocycles. The highest BCUT2D eigenvalue weighted by molar-refractivity contribution is 7.20. The zero-order valence-corrected chi connectivity index (χ0v) is 33.7. The van der Waals surface area contributed by atoms with Crippen molar-refractivity contribution in [3.63, 3.8) is 0 Å². The highest BCUT2D eigenvalue weighted by atomic mass is 28.3. The predicted molar refractivity (Wildman–Crippen MR) is 254 cm³/mol. The second-order valence-electron chi connectivity index (χ2n) is 15.6. The number of furan rings is 1. The summed E-state index contributed by atoms with van der Waals surface area (Å²) in [4.78, 5) is 0. The summed E-state index contributed by atoms with van der Waals surface area (Å²) in [6.07, 6.45) is 0. The van der Waals surface area contributed by atoms with Crippen LogP contribution in [0.4, 0.5) is 0 Å². The highest BCUT2D eigenvalue weighted by Gasteiger charge is 2.41. The number of benzene rings is 9. The van der Waals surface area contributed by atoms with Gasteiger partial charge in [-0.2, -0.15) is 0 Å². The van der Waals surface area contributed by atoms with E-state index in [0.717, 1.165) is 50.1 Å². The molecule has 0 saturated heterocycles. The lowest BCUT2D eigenvalue weighted by Crippen LogP contribution is -2.74. The molecule has 9 aromatic carbocycles. The number of fused-ring (bicyclic) bond motifs is 8. The van der Waals surface area contributed by atoms with Crippen LogP contribution in [0.3, 0.4) is 0 Å². The van der Waals surface area contributed by atoms with Crippen LogP contribution in [0, 0.1) is 0 Å². The van der Waals surface area contributed by atoms with Crippen molar-refractivity contribution >= 4 is 83.6 Å². The molecular formula is C56H38N2OSi. The molecule has 0 unspecified atom stereocenters. The molecule has 0 N–H and O–H groups in total. The van der Waals surface area contributed by atoms with E-state index in [0.29, 0.717) is 0 Å². The van der Waals surface area contributed by atoms with Gasteiger partial charge in [0.25, 0.3) is 0 Å². The lowest BCUT2D eigenvalue weighted by atomic mass is 10.0. The first-order valence-electron chi connectivity index (χ1n) is 20.6. The summed E-state index contributed by atoms with van der Waals surface area (Å²) in [5.41, 5.74) is 9.68. The van der Waals surface area contributed by atoms with Crippen LogP contribution < -0.4 is 20.7 Å². The van der Waals surface area contributed by atoms with E-state index >= 15 is 0 Å². The Morgan fingerprint density at radius 1 is 0.333 bits per heavy atom. The Morgan fingerprint density at radius 3 is 1.47 bits per heavy atom. The van der Waals surface area contributed by atoms with E-state index in [2.05, 4.69) is 240 Å². The molecule has 0 radical (unpaired) electrons. The van der Waals surface area contributed by atoms with Crippen LogP contribution in [-0.2, 0) is 0 Å². The van der Waals surface area contributed by atoms with Crippen molar-refractivity contribution in [3.8, 4) is 22.5 Å². The molecule has 3 heterocycles. The van der Waals surface area contributed by atoms with Gasteiger partial charge in [-0.1, -0.05) is 188 Å². The first-order chi connectivity index (χ1) is 29.8. The quantitative estimate of drug-likeness (QED) is 0.117. The number of hydrogen-bond acceptors (Lipinski definition) is 1. The largest absolute Gasteiger partial charge is 0.438 e. The molecule has 12 aromatic rings.